The molecule has 1 aliphatic rings. The van der Waals surface area contributed by atoms with Gasteiger partial charge in [0, 0.05) is 33.8 Å². The van der Waals surface area contributed by atoms with Crippen LogP contribution in [-0.2, 0) is 11.3 Å². The predicted octanol–water partition coefficient (Wildman–Crippen LogP) is 2.02. The van der Waals surface area contributed by atoms with Gasteiger partial charge in [0.2, 0.25) is 11.8 Å². The molecule has 2 N–H and O–H groups in total. The fourth-order valence-electron chi connectivity index (χ4n) is 3.31. The summed E-state index contributed by atoms with van der Waals surface area (Å²) in [5.74, 6) is 1.45. The van der Waals surface area contributed by atoms with Gasteiger partial charge in [0.15, 0.2) is 5.96 Å². The van der Waals surface area contributed by atoms with E-state index in [9.17, 15) is 4.79 Å². The summed E-state index contributed by atoms with van der Waals surface area (Å²) in [4.78, 5) is 22.9. The third-order valence-electron chi connectivity index (χ3n) is 4.67. The Morgan fingerprint density at radius 2 is 2.00 bits per heavy atom. The molecule has 1 amide bonds. The molecule has 0 radical (unpaired) electrons. The van der Waals surface area contributed by atoms with Crippen LogP contribution < -0.4 is 15.4 Å². The molecule has 26 heavy (non-hydrogen) atoms. The molecule has 1 aromatic rings. The smallest absolute Gasteiger partial charge is 0.230 e. The molecule has 0 bridgehead atoms. The maximum absolute atomic E-state index is 12.6. The highest BCUT2D eigenvalue weighted by atomic mass is 127. The lowest BCUT2D eigenvalue weighted by atomic mass is 9.84. The van der Waals surface area contributed by atoms with E-state index in [1.54, 1.807) is 19.1 Å². The molecule has 0 atom stereocenters. The molecule has 8 heteroatoms. The number of amides is 1. The van der Waals surface area contributed by atoms with Crippen molar-refractivity contribution < 1.29 is 9.53 Å². The second-order valence-electron chi connectivity index (χ2n) is 6.64. The first-order valence-electron chi connectivity index (χ1n) is 8.67. The van der Waals surface area contributed by atoms with Gasteiger partial charge in [-0.05, 0) is 18.9 Å². The van der Waals surface area contributed by atoms with E-state index in [0.29, 0.717) is 24.9 Å². The van der Waals surface area contributed by atoms with E-state index in [0.717, 1.165) is 31.4 Å². The van der Waals surface area contributed by atoms with Crippen molar-refractivity contribution in [2.45, 2.75) is 32.2 Å². The fraction of sp³-hybridized carbons (Fsp3) is 0.611. The van der Waals surface area contributed by atoms with Gasteiger partial charge in [-0.3, -0.25) is 9.79 Å². The van der Waals surface area contributed by atoms with Crippen LogP contribution in [0.3, 0.4) is 0 Å². The van der Waals surface area contributed by atoms with Crippen LogP contribution in [0.5, 0.6) is 5.88 Å². The second-order valence-corrected chi connectivity index (χ2v) is 6.64. The third kappa shape index (κ3) is 5.72. The molecule has 2 rings (SSSR count). The lowest BCUT2D eigenvalue weighted by Gasteiger charge is -2.31. The van der Waals surface area contributed by atoms with Gasteiger partial charge in [0.25, 0.3) is 0 Å². The minimum absolute atomic E-state index is 0. The van der Waals surface area contributed by atoms with E-state index in [4.69, 9.17) is 4.74 Å². The number of hydrogen-bond acceptors (Lipinski definition) is 4. The second kappa shape index (κ2) is 10.5. The highest BCUT2D eigenvalue weighted by Crippen LogP contribution is 2.38. The number of carbonyl (C=O) groups excluding carboxylic acids is 1. The zero-order valence-corrected chi connectivity index (χ0v) is 18.4. The monoisotopic (exact) mass is 475 g/mol. The quantitative estimate of drug-likeness (QED) is 0.374. The van der Waals surface area contributed by atoms with Crippen LogP contribution in [0.2, 0.25) is 0 Å². The Bertz CT molecular complexity index is 615. The average Bonchev–Trinajstić information content (AvgIpc) is 3.11. The number of nitrogens with zero attached hydrogens (tertiary/aromatic N) is 3. The number of aromatic nitrogens is 1. The summed E-state index contributed by atoms with van der Waals surface area (Å²) in [5, 5.41) is 6.56. The topological polar surface area (TPSA) is 78.9 Å². The third-order valence-corrected chi connectivity index (χ3v) is 4.67. The Hall–Kier alpha value is -1.58. The van der Waals surface area contributed by atoms with E-state index in [1.807, 2.05) is 32.3 Å². The van der Waals surface area contributed by atoms with E-state index in [2.05, 4.69) is 20.6 Å². The first kappa shape index (κ1) is 22.5. The van der Waals surface area contributed by atoms with Gasteiger partial charge >= 0.3 is 0 Å². The number of rotatable bonds is 6. The standard InChI is InChI=1S/C18H29N5O2.HI/c1-19-17(20-12-14-8-7-9-15(22-14)25-4)21-13-18(10-5-6-11-18)16(24)23(2)3;/h7-9H,5-6,10-13H2,1-4H3,(H2,19,20,21);1H. The zero-order chi connectivity index (χ0) is 18.3. The predicted molar refractivity (Wildman–Crippen MR) is 114 cm³/mol. The average molecular weight is 475 g/mol. The van der Waals surface area contributed by atoms with E-state index < -0.39 is 0 Å². The summed E-state index contributed by atoms with van der Waals surface area (Å²) < 4.78 is 5.14. The van der Waals surface area contributed by atoms with Crippen LogP contribution in [0.1, 0.15) is 31.4 Å². The number of pyridine rings is 1. The number of nitrogens with one attached hydrogen (secondary N) is 2. The minimum atomic E-state index is -0.324. The summed E-state index contributed by atoms with van der Waals surface area (Å²) >= 11 is 0. The molecule has 0 saturated heterocycles. The molecule has 0 aromatic carbocycles. The Kier molecular flexibility index (Phi) is 9.11. The van der Waals surface area contributed by atoms with Gasteiger partial charge in [-0.15, -0.1) is 24.0 Å². The van der Waals surface area contributed by atoms with Crippen molar-refractivity contribution >= 4 is 35.8 Å². The molecule has 0 aliphatic heterocycles. The van der Waals surface area contributed by atoms with Crippen molar-refractivity contribution in [1.82, 2.24) is 20.5 Å². The van der Waals surface area contributed by atoms with Crippen molar-refractivity contribution in [2.24, 2.45) is 10.4 Å². The van der Waals surface area contributed by atoms with Crippen LogP contribution in [0.15, 0.2) is 23.2 Å². The molecule has 1 heterocycles. The summed E-state index contributed by atoms with van der Waals surface area (Å²) in [6.07, 6.45) is 4.04. The Morgan fingerprint density at radius 1 is 1.31 bits per heavy atom. The van der Waals surface area contributed by atoms with Gasteiger partial charge in [0.05, 0.1) is 24.8 Å². The number of guanidine groups is 1. The lowest BCUT2D eigenvalue weighted by Crippen LogP contribution is -2.49. The highest BCUT2D eigenvalue weighted by Gasteiger charge is 2.42. The van der Waals surface area contributed by atoms with Crippen LogP contribution >= 0.6 is 24.0 Å². The maximum atomic E-state index is 12.6. The fourth-order valence-corrected chi connectivity index (χ4v) is 3.31. The van der Waals surface area contributed by atoms with Crippen LogP contribution in [0.25, 0.3) is 0 Å². The van der Waals surface area contributed by atoms with Crippen molar-refractivity contribution in [2.75, 3.05) is 34.8 Å². The van der Waals surface area contributed by atoms with Gasteiger partial charge in [-0.2, -0.15) is 0 Å². The van der Waals surface area contributed by atoms with Crippen LogP contribution in [-0.4, -0.2) is 56.5 Å². The van der Waals surface area contributed by atoms with Crippen molar-refractivity contribution in [3.63, 3.8) is 0 Å². The number of aliphatic imine (C=N–C) groups is 1. The number of halogens is 1. The molecule has 0 spiro atoms. The molecule has 1 saturated carbocycles. The lowest BCUT2D eigenvalue weighted by molar-refractivity contribution is -0.138. The van der Waals surface area contributed by atoms with Gasteiger partial charge < -0.3 is 20.3 Å². The first-order valence-corrected chi connectivity index (χ1v) is 8.67. The summed E-state index contributed by atoms with van der Waals surface area (Å²) in [6.45, 7) is 1.13. The first-order chi connectivity index (χ1) is 12.0. The normalized spacial score (nSPS) is 15.8. The number of hydrogen-bond donors (Lipinski definition) is 2. The summed E-state index contributed by atoms with van der Waals surface area (Å²) in [5.41, 5.74) is 0.539. The molecule has 1 aromatic heterocycles. The van der Waals surface area contributed by atoms with E-state index in [-0.39, 0.29) is 35.3 Å². The van der Waals surface area contributed by atoms with Crippen LogP contribution in [0.4, 0.5) is 0 Å². The SMILES string of the molecule is CN=C(NCc1cccc(OC)n1)NCC1(C(=O)N(C)C)CCCC1.I. The van der Waals surface area contributed by atoms with Gasteiger partial charge in [0.1, 0.15) is 0 Å². The Labute approximate surface area is 173 Å². The van der Waals surface area contributed by atoms with Gasteiger partial charge in [-0.25, -0.2) is 4.98 Å². The van der Waals surface area contributed by atoms with E-state index in [1.165, 1.54) is 0 Å². The van der Waals surface area contributed by atoms with Crippen molar-refractivity contribution in [1.29, 1.82) is 0 Å². The largest absolute Gasteiger partial charge is 0.481 e. The van der Waals surface area contributed by atoms with Gasteiger partial charge in [-0.1, -0.05) is 18.9 Å². The minimum Gasteiger partial charge on any atom is -0.481 e. The molecule has 1 fully saturated rings. The molecule has 0 unspecified atom stereocenters. The summed E-state index contributed by atoms with van der Waals surface area (Å²) in [7, 11) is 6.97. The van der Waals surface area contributed by atoms with Crippen molar-refractivity contribution in [3.05, 3.63) is 23.9 Å². The zero-order valence-electron chi connectivity index (χ0n) is 16.0. The number of carbonyl (C=O) groups is 1. The number of methoxy groups -OCH3 is 1. The Morgan fingerprint density at radius 3 is 2.58 bits per heavy atom. The Balaban J connectivity index is 0.00000338. The van der Waals surface area contributed by atoms with Crippen LogP contribution in [0, 0.1) is 5.41 Å². The number of ether oxygens (including phenoxy) is 1. The van der Waals surface area contributed by atoms with Crippen molar-refractivity contribution in [3.8, 4) is 5.88 Å². The molecule has 1 aliphatic carbocycles. The summed E-state index contributed by atoms with van der Waals surface area (Å²) in [6, 6.07) is 5.65. The highest BCUT2D eigenvalue weighted by molar-refractivity contribution is 14.0. The molecule has 7 nitrogen and oxygen atoms in total. The maximum Gasteiger partial charge on any atom is 0.230 e. The molecular weight excluding hydrogens is 445 g/mol. The molecule has 146 valence electrons. The van der Waals surface area contributed by atoms with E-state index >= 15 is 0 Å². The molecular formula is C18H30IN5O2.